The zero-order valence-corrected chi connectivity index (χ0v) is 11.2. The molecule has 2 fully saturated rings. The first-order valence-electron chi connectivity index (χ1n) is 7.40. The van der Waals surface area contributed by atoms with E-state index in [1.165, 1.54) is 51.9 Å². The van der Waals surface area contributed by atoms with Crippen LogP contribution in [0.15, 0.2) is 22.8 Å². The molecule has 18 heavy (non-hydrogen) atoms. The molecule has 0 aliphatic carbocycles. The average Bonchev–Trinajstić information content (AvgIpc) is 2.82. The summed E-state index contributed by atoms with van der Waals surface area (Å²) in [7, 11) is 0. The van der Waals surface area contributed by atoms with Crippen molar-refractivity contribution < 1.29 is 4.42 Å². The summed E-state index contributed by atoms with van der Waals surface area (Å²) in [5, 5.41) is 0. The molecule has 0 saturated carbocycles. The Morgan fingerprint density at radius 3 is 3.00 bits per heavy atom. The lowest BCUT2D eigenvalue weighted by Gasteiger charge is -2.35. The van der Waals surface area contributed by atoms with E-state index in [4.69, 9.17) is 4.42 Å². The molecule has 0 radical (unpaired) electrons. The Bertz CT molecular complexity index is 349. The molecule has 0 spiro atoms. The molecule has 1 aromatic rings. The Kier molecular flexibility index (Phi) is 4.01. The molecule has 3 heteroatoms. The van der Waals surface area contributed by atoms with Crippen LogP contribution in [0.2, 0.25) is 0 Å². The molecule has 1 aromatic heterocycles. The first kappa shape index (κ1) is 12.2. The van der Waals surface area contributed by atoms with Crippen molar-refractivity contribution in [3.8, 4) is 0 Å². The van der Waals surface area contributed by atoms with Gasteiger partial charge in [-0.05, 0) is 51.0 Å². The van der Waals surface area contributed by atoms with Crippen molar-refractivity contribution in [3.05, 3.63) is 24.2 Å². The second-order valence-corrected chi connectivity index (χ2v) is 5.67. The molecule has 0 amide bonds. The van der Waals surface area contributed by atoms with Gasteiger partial charge in [0.25, 0.3) is 0 Å². The number of furan rings is 1. The molecule has 3 nitrogen and oxygen atoms in total. The third kappa shape index (κ3) is 2.96. The van der Waals surface area contributed by atoms with E-state index in [1.807, 2.05) is 6.07 Å². The Labute approximate surface area is 110 Å². The standard InChI is InChI=1S/C15H24N2O/c1-2-9-17-10-4-8-16(13-14(17)5-1)11-7-15-6-3-12-18-15/h3,6,12,14H,1-2,4-5,7-11,13H2. The molecule has 0 N–H and O–H groups in total. The van der Waals surface area contributed by atoms with E-state index >= 15 is 0 Å². The third-order valence-corrected chi connectivity index (χ3v) is 4.39. The van der Waals surface area contributed by atoms with E-state index in [9.17, 15) is 0 Å². The number of nitrogens with zero attached hydrogens (tertiary/aromatic N) is 2. The van der Waals surface area contributed by atoms with Gasteiger partial charge in [0, 0.05) is 25.6 Å². The molecule has 1 unspecified atom stereocenters. The van der Waals surface area contributed by atoms with Crippen LogP contribution in [0, 0.1) is 0 Å². The molecule has 3 rings (SSSR count). The largest absolute Gasteiger partial charge is 0.469 e. The number of rotatable bonds is 3. The van der Waals surface area contributed by atoms with Gasteiger partial charge in [-0.3, -0.25) is 4.90 Å². The predicted octanol–water partition coefficient (Wildman–Crippen LogP) is 2.38. The topological polar surface area (TPSA) is 19.6 Å². The molecule has 2 aliphatic heterocycles. The lowest BCUT2D eigenvalue weighted by molar-refractivity contribution is 0.137. The summed E-state index contributed by atoms with van der Waals surface area (Å²) < 4.78 is 5.43. The zero-order chi connectivity index (χ0) is 12.2. The van der Waals surface area contributed by atoms with E-state index in [0.717, 1.165) is 24.8 Å². The van der Waals surface area contributed by atoms with Gasteiger partial charge in [0.1, 0.15) is 5.76 Å². The first-order valence-corrected chi connectivity index (χ1v) is 7.40. The van der Waals surface area contributed by atoms with Gasteiger partial charge in [-0.1, -0.05) is 6.42 Å². The highest BCUT2D eigenvalue weighted by atomic mass is 16.3. The number of fused-ring (bicyclic) bond motifs is 1. The number of hydrogen-bond acceptors (Lipinski definition) is 3. The van der Waals surface area contributed by atoms with Crippen LogP contribution in [0.4, 0.5) is 0 Å². The molecule has 2 aliphatic rings. The summed E-state index contributed by atoms with van der Waals surface area (Å²) in [6.45, 7) is 6.31. The van der Waals surface area contributed by atoms with Crippen LogP contribution in [0.25, 0.3) is 0 Å². The molecule has 1 atom stereocenters. The highest BCUT2D eigenvalue weighted by Gasteiger charge is 2.26. The summed E-state index contributed by atoms with van der Waals surface area (Å²) in [5.74, 6) is 1.12. The Morgan fingerprint density at radius 2 is 2.11 bits per heavy atom. The molecule has 3 heterocycles. The van der Waals surface area contributed by atoms with E-state index in [2.05, 4.69) is 15.9 Å². The van der Waals surface area contributed by atoms with E-state index in [-0.39, 0.29) is 0 Å². The minimum atomic E-state index is 0.817. The number of hydrogen-bond donors (Lipinski definition) is 0. The Balaban J connectivity index is 1.53. The summed E-state index contributed by atoms with van der Waals surface area (Å²) in [6.07, 6.45) is 8.39. The first-order chi connectivity index (χ1) is 8.92. The molecule has 0 aromatic carbocycles. The van der Waals surface area contributed by atoms with Gasteiger partial charge in [-0.2, -0.15) is 0 Å². The van der Waals surface area contributed by atoms with Gasteiger partial charge < -0.3 is 9.32 Å². The maximum Gasteiger partial charge on any atom is 0.105 e. The molecular formula is C15H24N2O. The van der Waals surface area contributed by atoms with Crippen LogP contribution in [-0.4, -0.2) is 48.6 Å². The van der Waals surface area contributed by atoms with Crippen LogP contribution in [0.1, 0.15) is 31.4 Å². The van der Waals surface area contributed by atoms with Crippen LogP contribution < -0.4 is 0 Å². The normalized spacial score (nSPS) is 26.8. The van der Waals surface area contributed by atoms with Gasteiger partial charge in [-0.15, -0.1) is 0 Å². The highest BCUT2D eigenvalue weighted by Crippen LogP contribution is 2.21. The van der Waals surface area contributed by atoms with Crippen molar-refractivity contribution in [2.45, 2.75) is 38.1 Å². The second kappa shape index (κ2) is 5.89. The van der Waals surface area contributed by atoms with Crippen LogP contribution >= 0.6 is 0 Å². The minimum absolute atomic E-state index is 0.817. The van der Waals surface area contributed by atoms with Crippen molar-refractivity contribution in [2.24, 2.45) is 0 Å². The van der Waals surface area contributed by atoms with Gasteiger partial charge in [0.15, 0.2) is 0 Å². The fourth-order valence-electron chi connectivity index (χ4n) is 3.37. The van der Waals surface area contributed by atoms with Crippen LogP contribution in [0.3, 0.4) is 0 Å². The predicted molar refractivity (Wildman–Crippen MR) is 72.7 cm³/mol. The lowest BCUT2D eigenvalue weighted by Crippen LogP contribution is -2.44. The second-order valence-electron chi connectivity index (χ2n) is 5.67. The average molecular weight is 248 g/mol. The quantitative estimate of drug-likeness (QED) is 0.819. The molecule has 2 saturated heterocycles. The van der Waals surface area contributed by atoms with Gasteiger partial charge in [0.2, 0.25) is 0 Å². The van der Waals surface area contributed by atoms with Crippen molar-refractivity contribution in [2.75, 3.05) is 32.7 Å². The summed E-state index contributed by atoms with van der Waals surface area (Å²) in [4.78, 5) is 5.36. The summed E-state index contributed by atoms with van der Waals surface area (Å²) in [5.41, 5.74) is 0. The van der Waals surface area contributed by atoms with Gasteiger partial charge in [-0.25, -0.2) is 0 Å². The summed E-state index contributed by atoms with van der Waals surface area (Å²) in [6, 6.07) is 4.89. The smallest absolute Gasteiger partial charge is 0.105 e. The van der Waals surface area contributed by atoms with Crippen LogP contribution in [-0.2, 0) is 6.42 Å². The van der Waals surface area contributed by atoms with Crippen molar-refractivity contribution >= 4 is 0 Å². The Hall–Kier alpha value is -0.800. The highest BCUT2D eigenvalue weighted by molar-refractivity contribution is 4.98. The fourth-order valence-corrected chi connectivity index (χ4v) is 3.37. The fraction of sp³-hybridized carbons (Fsp3) is 0.733. The SMILES string of the molecule is c1coc(CCN2CCCN3CCCCC3C2)c1. The zero-order valence-electron chi connectivity index (χ0n) is 11.2. The van der Waals surface area contributed by atoms with E-state index in [0.29, 0.717) is 0 Å². The molecule has 100 valence electrons. The lowest BCUT2D eigenvalue weighted by atomic mass is 10.0. The van der Waals surface area contributed by atoms with Gasteiger partial charge >= 0.3 is 0 Å². The van der Waals surface area contributed by atoms with Crippen molar-refractivity contribution in [1.29, 1.82) is 0 Å². The van der Waals surface area contributed by atoms with E-state index < -0.39 is 0 Å². The van der Waals surface area contributed by atoms with Crippen molar-refractivity contribution in [1.82, 2.24) is 9.80 Å². The maximum atomic E-state index is 5.43. The van der Waals surface area contributed by atoms with Crippen LogP contribution in [0.5, 0.6) is 0 Å². The summed E-state index contributed by atoms with van der Waals surface area (Å²) >= 11 is 0. The van der Waals surface area contributed by atoms with Crippen molar-refractivity contribution in [3.63, 3.8) is 0 Å². The molecule has 0 bridgehead atoms. The Morgan fingerprint density at radius 1 is 1.17 bits per heavy atom. The van der Waals surface area contributed by atoms with Gasteiger partial charge in [0.05, 0.1) is 6.26 Å². The monoisotopic (exact) mass is 248 g/mol. The van der Waals surface area contributed by atoms with E-state index in [1.54, 1.807) is 6.26 Å². The molecular weight excluding hydrogens is 224 g/mol. The minimum Gasteiger partial charge on any atom is -0.469 e. The third-order valence-electron chi connectivity index (χ3n) is 4.39. The number of piperidine rings is 1. The maximum absolute atomic E-state index is 5.43.